The van der Waals surface area contributed by atoms with Gasteiger partial charge in [-0.25, -0.2) is 5.84 Å². The summed E-state index contributed by atoms with van der Waals surface area (Å²) in [4.78, 5) is 15.8. The molecule has 2 rings (SSSR count). The van der Waals surface area contributed by atoms with Crippen LogP contribution in [0, 0.1) is 12.8 Å². The highest BCUT2D eigenvalue weighted by Crippen LogP contribution is 2.36. The van der Waals surface area contributed by atoms with E-state index in [1.165, 1.54) is 0 Å². The van der Waals surface area contributed by atoms with Crippen LogP contribution in [0.1, 0.15) is 43.3 Å². The summed E-state index contributed by atoms with van der Waals surface area (Å²) in [5.41, 5.74) is 2.22. The van der Waals surface area contributed by atoms with Gasteiger partial charge in [-0.15, -0.1) is 0 Å². The molecule has 0 saturated heterocycles. The summed E-state index contributed by atoms with van der Waals surface area (Å²) in [6.45, 7) is 1.75. The van der Waals surface area contributed by atoms with Crippen LogP contribution in [-0.2, 0) is 4.79 Å². The molecule has 0 aromatic carbocycles. The molecule has 0 bridgehead atoms. The number of carbonyl (C=O) groups excluding carboxylic acids is 1. The van der Waals surface area contributed by atoms with E-state index in [1.54, 1.807) is 6.92 Å². The Labute approximate surface area is 93.6 Å². The van der Waals surface area contributed by atoms with Crippen LogP contribution in [0.25, 0.3) is 0 Å². The third-order valence-corrected chi connectivity index (χ3v) is 3.12. The van der Waals surface area contributed by atoms with Crippen LogP contribution in [0.3, 0.4) is 0 Å². The second kappa shape index (κ2) is 4.61. The van der Waals surface area contributed by atoms with Crippen LogP contribution < -0.4 is 11.3 Å². The van der Waals surface area contributed by atoms with Crippen molar-refractivity contribution >= 4 is 5.91 Å². The molecule has 1 aliphatic rings. The molecule has 1 saturated carbocycles. The van der Waals surface area contributed by atoms with Gasteiger partial charge < -0.3 is 4.52 Å². The largest absolute Gasteiger partial charge is 0.340 e. The Morgan fingerprint density at radius 3 is 2.88 bits per heavy atom. The number of nitrogens with one attached hydrogen (secondary N) is 1. The van der Waals surface area contributed by atoms with Crippen LogP contribution in [0.4, 0.5) is 0 Å². The van der Waals surface area contributed by atoms with E-state index in [0.29, 0.717) is 11.7 Å². The molecule has 1 aliphatic carbocycles. The minimum absolute atomic E-state index is 0.0368. The maximum Gasteiger partial charge on any atom is 0.237 e. The lowest BCUT2D eigenvalue weighted by molar-refractivity contribution is -0.126. The fraction of sp³-hybridized carbons (Fsp3) is 0.700. The summed E-state index contributed by atoms with van der Waals surface area (Å²) >= 11 is 0. The molecule has 6 nitrogen and oxygen atoms in total. The summed E-state index contributed by atoms with van der Waals surface area (Å²) in [5.74, 6) is 6.13. The van der Waals surface area contributed by atoms with Crippen LogP contribution in [0.5, 0.6) is 0 Å². The van der Waals surface area contributed by atoms with Crippen LogP contribution in [0.15, 0.2) is 4.52 Å². The van der Waals surface area contributed by atoms with E-state index in [1.807, 2.05) is 0 Å². The van der Waals surface area contributed by atoms with Crippen LogP contribution in [0.2, 0.25) is 0 Å². The monoisotopic (exact) mass is 224 g/mol. The second-order valence-corrected chi connectivity index (χ2v) is 4.18. The van der Waals surface area contributed by atoms with Crippen LogP contribution >= 0.6 is 0 Å². The number of hydrogen-bond acceptors (Lipinski definition) is 5. The minimum atomic E-state index is -0.132. The third kappa shape index (κ3) is 2.06. The first-order valence-corrected chi connectivity index (χ1v) is 5.53. The minimum Gasteiger partial charge on any atom is -0.340 e. The first kappa shape index (κ1) is 11.1. The van der Waals surface area contributed by atoms with Crippen molar-refractivity contribution in [2.45, 2.75) is 38.5 Å². The zero-order valence-electron chi connectivity index (χ0n) is 9.27. The summed E-state index contributed by atoms with van der Waals surface area (Å²) in [7, 11) is 0. The number of amides is 1. The zero-order valence-corrected chi connectivity index (χ0v) is 9.27. The van der Waals surface area contributed by atoms with Crippen molar-refractivity contribution < 1.29 is 9.32 Å². The first-order chi connectivity index (χ1) is 7.72. The number of aryl methyl sites for hydroxylation is 1. The highest BCUT2D eigenvalue weighted by molar-refractivity contribution is 5.79. The highest BCUT2D eigenvalue weighted by Gasteiger charge is 2.34. The quantitative estimate of drug-likeness (QED) is 0.437. The van der Waals surface area contributed by atoms with Crippen molar-refractivity contribution in [1.82, 2.24) is 15.6 Å². The molecule has 1 amide bonds. The number of hydrazine groups is 1. The maximum absolute atomic E-state index is 11.6. The number of nitrogens with zero attached hydrogens (tertiary/aromatic N) is 2. The molecule has 0 radical (unpaired) electrons. The predicted molar refractivity (Wildman–Crippen MR) is 56.1 cm³/mol. The lowest BCUT2D eigenvalue weighted by Crippen LogP contribution is -2.39. The number of aromatic nitrogens is 2. The van der Waals surface area contributed by atoms with Gasteiger partial charge in [-0.05, 0) is 12.8 Å². The van der Waals surface area contributed by atoms with Crippen molar-refractivity contribution in [3.8, 4) is 0 Å². The second-order valence-electron chi connectivity index (χ2n) is 4.18. The van der Waals surface area contributed by atoms with E-state index in [9.17, 15) is 4.79 Å². The molecule has 2 unspecified atom stereocenters. The predicted octanol–water partition coefficient (Wildman–Crippen LogP) is 0.642. The molecule has 0 aliphatic heterocycles. The fourth-order valence-corrected chi connectivity index (χ4v) is 2.33. The van der Waals surface area contributed by atoms with Gasteiger partial charge in [-0.1, -0.05) is 18.0 Å². The Hall–Kier alpha value is -1.43. The smallest absolute Gasteiger partial charge is 0.237 e. The van der Waals surface area contributed by atoms with Gasteiger partial charge in [0.05, 0.1) is 0 Å². The lowest BCUT2D eigenvalue weighted by atomic mass is 9.78. The molecule has 3 N–H and O–H groups in total. The molecule has 2 atom stereocenters. The van der Waals surface area contributed by atoms with Gasteiger partial charge in [0, 0.05) is 18.8 Å². The van der Waals surface area contributed by atoms with Crippen molar-refractivity contribution in [2.75, 3.05) is 0 Å². The van der Waals surface area contributed by atoms with E-state index in [2.05, 4.69) is 15.6 Å². The van der Waals surface area contributed by atoms with Gasteiger partial charge in [0.25, 0.3) is 0 Å². The van der Waals surface area contributed by atoms with Gasteiger partial charge in [-0.3, -0.25) is 10.2 Å². The zero-order chi connectivity index (χ0) is 11.5. The van der Waals surface area contributed by atoms with E-state index in [-0.39, 0.29) is 17.7 Å². The van der Waals surface area contributed by atoms with Gasteiger partial charge in [0.2, 0.25) is 11.8 Å². The van der Waals surface area contributed by atoms with Gasteiger partial charge in [0.15, 0.2) is 5.82 Å². The molecule has 88 valence electrons. The molecule has 0 spiro atoms. The fourth-order valence-electron chi connectivity index (χ4n) is 2.33. The molecule has 1 heterocycles. The Morgan fingerprint density at radius 2 is 2.25 bits per heavy atom. The van der Waals surface area contributed by atoms with Gasteiger partial charge in [0.1, 0.15) is 0 Å². The van der Waals surface area contributed by atoms with Crippen LogP contribution in [-0.4, -0.2) is 16.0 Å². The number of rotatable bonds is 2. The number of nitrogens with two attached hydrogens (primary N) is 1. The number of hydrogen-bond donors (Lipinski definition) is 2. The van der Waals surface area contributed by atoms with Crippen molar-refractivity contribution in [3.63, 3.8) is 0 Å². The molecule has 16 heavy (non-hydrogen) atoms. The molecule has 1 fully saturated rings. The normalized spacial score (nSPS) is 25.4. The molecule has 1 aromatic heterocycles. The highest BCUT2D eigenvalue weighted by atomic mass is 16.5. The Morgan fingerprint density at radius 1 is 1.50 bits per heavy atom. The van der Waals surface area contributed by atoms with E-state index in [0.717, 1.165) is 25.7 Å². The summed E-state index contributed by atoms with van der Waals surface area (Å²) < 4.78 is 4.96. The van der Waals surface area contributed by atoms with Crippen molar-refractivity contribution in [1.29, 1.82) is 0 Å². The standard InChI is InChI=1S/C10H16N4O2/c1-6-12-9(14-16-6)7-4-2-3-5-8(7)10(15)13-11/h7-8H,2-5,11H2,1H3,(H,13,15). The van der Waals surface area contributed by atoms with E-state index < -0.39 is 0 Å². The third-order valence-electron chi connectivity index (χ3n) is 3.12. The lowest BCUT2D eigenvalue weighted by Gasteiger charge is -2.27. The summed E-state index contributed by atoms with van der Waals surface area (Å²) in [6.07, 6.45) is 3.89. The van der Waals surface area contributed by atoms with Gasteiger partial charge in [-0.2, -0.15) is 4.98 Å². The molecular formula is C10H16N4O2. The maximum atomic E-state index is 11.6. The average Bonchev–Trinajstić information content (AvgIpc) is 2.75. The molecule has 6 heteroatoms. The SMILES string of the molecule is Cc1nc(C2CCCCC2C(=O)NN)no1. The van der Waals surface area contributed by atoms with Gasteiger partial charge >= 0.3 is 0 Å². The Bertz CT molecular complexity index is 377. The molecule has 1 aromatic rings. The summed E-state index contributed by atoms with van der Waals surface area (Å²) in [6, 6.07) is 0. The Balaban J connectivity index is 2.19. The topological polar surface area (TPSA) is 94.0 Å². The number of carbonyl (C=O) groups is 1. The first-order valence-electron chi connectivity index (χ1n) is 5.53. The average molecular weight is 224 g/mol. The molecular weight excluding hydrogens is 208 g/mol. The van der Waals surface area contributed by atoms with E-state index >= 15 is 0 Å². The summed E-state index contributed by atoms with van der Waals surface area (Å²) in [5, 5.41) is 3.90. The van der Waals surface area contributed by atoms with E-state index in [4.69, 9.17) is 10.4 Å². The Kier molecular flexibility index (Phi) is 3.19. The van der Waals surface area contributed by atoms with Crippen molar-refractivity contribution in [3.05, 3.63) is 11.7 Å². The van der Waals surface area contributed by atoms with Crippen molar-refractivity contribution in [2.24, 2.45) is 11.8 Å².